The molecule has 0 aliphatic rings. The zero-order valence-electron chi connectivity index (χ0n) is 18.6. The minimum atomic E-state index is -0.603. The van der Waals surface area contributed by atoms with Gasteiger partial charge in [-0.1, -0.05) is 12.6 Å². The molecule has 0 unspecified atom stereocenters. The molecule has 0 fully saturated rings. The molecule has 9 nitrogen and oxygen atoms in total. The molecule has 0 aliphatic heterocycles. The van der Waals surface area contributed by atoms with E-state index in [-0.39, 0.29) is 18.7 Å². The highest BCUT2D eigenvalue weighted by molar-refractivity contribution is 6.22. The predicted octanol–water partition coefficient (Wildman–Crippen LogP) is 3.51. The molecule has 4 rings (SSSR count). The second-order valence-corrected chi connectivity index (χ2v) is 7.62. The highest BCUT2D eigenvalue weighted by Crippen LogP contribution is 2.37. The van der Waals surface area contributed by atoms with Gasteiger partial charge in [0, 0.05) is 22.9 Å². The third-order valence-corrected chi connectivity index (χ3v) is 5.43. The second kappa shape index (κ2) is 8.70. The van der Waals surface area contributed by atoms with Crippen LogP contribution in [0.15, 0.2) is 49.3 Å². The van der Waals surface area contributed by atoms with E-state index < -0.39 is 5.91 Å². The summed E-state index contributed by atoms with van der Waals surface area (Å²) in [5, 5.41) is 8.74. The largest absolute Gasteiger partial charge is 0.496 e. The van der Waals surface area contributed by atoms with E-state index in [1.165, 1.54) is 0 Å². The molecule has 3 heterocycles. The quantitative estimate of drug-likeness (QED) is 0.400. The van der Waals surface area contributed by atoms with Gasteiger partial charge in [0.1, 0.15) is 11.3 Å². The molecule has 33 heavy (non-hydrogen) atoms. The first-order valence-electron chi connectivity index (χ1n) is 10.3. The number of hydrogen-bond donors (Lipinski definition) is 2. The van der Waals surface area contributed by atoms with Gasteiger partial charge in [0.15, 0.2) is 6.61 Å². The predicted molar refractivity (Wildman–Crippen MR) is 127 cm³/mol. The lowest BCUT2D eigenvalue weighted by Crippen LogP contribution is -2.22. The van der Waals surface area contributed by atoms with Crippen molar-refractivity contribution in [2.45, 2.75) is 19.9 Å². The molecular weight excluding hydrogens is 420 g/mol. The summed E-state index contributed by atoms with van der Waals surface area (Å²) in [6, 6.07) is 9.33. The number of nitrogens with zero attached hydrogens (tertiary/aromatic N) is 4. The number of benzene rings is 1. The number of nitrogens with two attached hydrogens (primary N) is 1. The van der Waals surface area contributed by atoms with Crippen LogP contribution in [-0.2, 0) is 4.79 Å². The second-order valence-electron chi connectivity index (χ2n) is 7.62. The maximum Gasteiger partial charge on any atom is 0.298 e. The number of nitrogens with one attached hydrogen (secondary N) is 1. The maximum absolute atomic E-state index is 11.4. The average Bonchev–Trinajstić information content (AvgIpc) is 3.20. The summed E-state index contributed by atoms with van der Waals surface area (Å²) >= 11 is 0. The Balaban J connectivity index is 2.02. The number of carbonyl (C=O) groups excluding carboxylic acids is 1. The molecule has 3 N–H and O–H groups in total. The van der Waals surface area contributed by atoms with Crippen LogP contribution in [-0.4, -0.2) is 44.9 Å². The number of aromatic nitrogens is 4. The third-order valence-electron chi connectivity index (χ3n) is 5.43. The summed E-state index contributed by atoms with van der Waals surface area (Å²) in [5.41, 5.74) is 9.69. The molecule has 0 aliphatic carbocycles. The van der Waals surface area contributed by atoms with Crippen molar-refractivity contribution >= 4 is 39.1 Å². The SMILES string of the molecule is C=C(C(C)=N)c1cc2ncc3nc(OCC(N)=O)n([C@H](C)c4ccccn4)c3c2cc1OC. The van der Waals surface area contributed by atoms with Gasteiger partial charge in [-0.05, 0) is 43.7 Å². The van der Waals surface area contributed by atoms with Crippen LogP contribution in [0.4, 0.5) is 0 Å². The van der Waals surface area contributed by atoms with Crippen molar-refractivity contribution in [3.05, 3.63) is 60.6 Å². The summed E-state index contributed by atoms with van der Waals surface area (Å²) in [7, 11) is 1.57. The Morgan fingerprint density at radius 2 is 2.06 bits per heavy atom. The fraction of sp³-hybridized carbons (Fsp3) is 0.208. The summed E-state index contributed by atoms with van der Waals surface area (Å²) in [6.07, 6.45) is 3.36. The smallest absolute Gasteiger partial charge is 0.298 e. The maximum atomic E-state index is 11.4. The van der Waals surface area contributed by atoms with Gasteiger partial charge in [0.25, 0.3) is 11.9 Å². The number of rotatable bonds is 8. The van der Waals surface area contributed by atoms with Crippen LogP contribution in [0.25, 0.3) is 27.5 Å². The normalized spacial score (nSPS) is 12.0. The van der Waals surface area contributed by atoms with Crippen molar-refractivity contribution in [1.29, 1.82) is 5.41 Å². The van der Waals surface area contributed by atoms with Crippen LogP contribution < -0.4 is 15.2 Å². The molecule has 0 saturated carbocycles. The number of allylic oxidation sites excluding steroid dienone is 1. The van der Waals surface area contributed by atoms with Gasteiger partial charge >= 0.3 is 0 Å². The van der Waals surface area contributed by atoms with Crippen molar-refractivity contribution in [3.63, 3.8) is 0 Å². The Morgan fingerprint density at radius 3 is 2.70 bits per heavy atom. The lowest BCUT2D eigenvalue weighted by Gasteiger charge is -2.18. The number of amides is 1. The fourth-order valence-electron chi connectivity index (χ4n) is 3.74. The Bertz CT molecular complexity index is 1390. The Morgan fingerprint density at radius 1 is 1.27 bits per heavy atom. The van der Waals surface area contributed by atoms with E-state index in [9.17, 15) is 4.79 Å². The summed E-state index contributed by atoms with van der Waals surface area (Å²) in [6.45, 7) is 7.35. The number of carbonyl (C=O) groups is 1. The number of ether oxygens (including phenoxy) is 2. The Hall–Kier alpha value is -4.27. The number of imidazole rings is 1. The lowest BCUT2D eigenvalue weighted by molar-refractivity contribution is -0.120. The van der Waals surface area contributed by atoms with Crippen LogP contribution in [0.1, 0.15) is 31.1 Å². The minimum Gasteiger partial charge on any atom is -0.496 e. The van der Waals surface area contributed by atoms with Crippen LogP contribution in [0.2, 0.25) is 0 Å². The third kappa shape index (κ3) is 4.00. The van der Waals surface area contributed by atoms with Crippen molar-refractivity contribution < 1.29 is 14.3 Å². The molecule has 4 aromatic rings. The number of hydrogen-bond acceptors (Lipinski definition) is 7. The molecule has 3 aromatic heterocycles. The fourth-order valence-corrected chi connectivity index (χ4v) is 3.74. The van der Waals surface area contributed by atoms with E-state index >= 15 is 0 Å². The monoisotopic (exact) mass is 444 g/mol. The standard InChI is InChI=1S/C24H24N6O3/c1-13(14(2)25)16-9-19-17(10-21(16)32-4)23-20(11-28-19)29-24(33-12-22(26)31)30(23)15(3)18-7-5-6-8-27-18/h5-11,15,25H,1,12H2,2-4H3,(H2,26,31)/t15-/m1/s1. The molecule has 0 radical (unpaired) electrons. The van der Waals surface area contributed by atoms with Crippen molar-refractivity contribution in [3.8, 4) is 11.8 Å². The first-order valence-corrected chi connectivity index (χ1v) is 10.3. The number of primary amides is 1. The minimum absolute atomic E-state index is 0.235. The Kier molecular flexibility index (Phi) is 5.78. The van der Waals surface area contributed by atoms with Gasteiger partial charge in [-0.2, -0.15) is 4.98 Å². The van der Waals surface area contributed by atoms with E-state index in [0.29, 0.717) is 33.6 Å². The van der Waals surface area contributed by atoms with E-state index in [2.05, 4.69) is 21.5 Å². The van der Waals surface area contributed by atoms with Crippen LogP contribution in [0.5, 0.6) is 11.8 Å². The molecule has 1 amide bonds. The van der Waals surface area contributed by atoms with E-state index in [1.807, 2.05) is 41.8 Å². The van der Waals surface area contributed by atoms with Gasteiger partial charge < -0.3 is 20.6 Å². The molecule has 9 heteroatoms. The van der Waals surface area contributed by atoms with Crippen LogP contribution in [0, 0.1) is 5.41 Å². The van der Waals surface area contributed by atoms with Crippen LogP contribution >= 0.6 is 0 Å². The van der Waals surface area contributed by atoms with E-state index in [1.54, 1.807) is 26.4 Å². The Labute approximate surface area is 190 Å². The average molecular weight is 444 g/mol. The first-order chi connectivity index (χ1) is 15.8. The summed E-state index contributed by atoms with van der Waals surface area (Å²) < 4.78 is 13.2. The van der Waals surface area contributed by atoms with Gasteiger partial charge in [0.05, 0.1) is 36.1 Å². The topological polar surface area (TPSA) is 129 Å². The summed E-state index contributed by atoms with van der Waals surface area (Å²) in [5.74, 6) is -0.0415. The van der Waals surface area contributed by atoms with Gasteiger partial charge in [-0.3, -0.25) is 19.3 Å². The first kappa shape index (κ1) is 21.9. The van der Waals surface area contributed by atoms with E-state index in [4.69, 9.17) is 20.6 Å². The highest BCUT2D eigenvalue weighted by atomic mass is 16.5. The van der Waals surface area contributed by atoms with Crippen molar-refractivity contribution in [2.24, 2.45) is 5.73 Å². The lowest BCUT2D eigenvalue weighted by atomic mass is 10.00. The van der Waals surface area contributed by atoms with Crippen molar-refractivity contribution in [2.75, 3.05) is 13.7 Å². The van der Waals surface area contributed by atoms with E-state index in [0.717, 1.165) is 16.6 Å². The molecule has 168 valence electrons. The number of pyridine rings is 2. The zero-order valence-corrected chi connectivity index (χ0v) is 18.6. The molecule has 0 saturated heterocycles. The molecule has 1 atom stereocenters. The van der Waals surface area contributed by atoms with Gasteiger partial charge in [-0.15, -0.1) is 0 Å². The van der Waals surface area contributed by atoms with Gasteiger partial charge in [-0.25, -0.2) is 0 Å². The highest BCUT2D eigenvalue weighted by Gasteiger charge is 2.23. The zero-order chi connectivity index (χ0) is 23.7. The van der Waals surface area contributed by atoms with Gasteiger partial charge in [0.2, 0.25) is 0 Å². The van der Waals surface area contributed by atoms with Crippen molar-refractivity contribution in [1.82, 2.24) is 19.5 Å². The number of fused-ring (bicyclic) bond motifs is 3. The molecule has 0 spiro atoms. The molecule has 1 aromatic carbocycles. The molecular formula is C24H24N6O3. The molecule has 0 bridgehead atoms. The summed E-state index contributed by atoms with van der Waals surface area (Å²) in [4.78, 5) is 25.0. The number of methoxy groups -OCH3 is 1. The van der Waals surface area contributed by atoms with Crippen LogP contribution in [0.3, 0.4) is 0 Å².